The SMILES string of the molecule is CCOc1ccc(NC(=O)c2cc3cccnc3n(CC)c2=O)cc1. The Bertz CT molecular complexity index is 962. The van der Waals surface area contributed by atoms with Crippen LogP contribution >= 0.6 is 0 Å². The molecule has 0 bridgehead atoms. The van der Waals surface area contributed by atoms with Crippen molar-refractivity contribution >= 4 is 22.6 Å². The van der Waals surface area contributed by atoms with Crippen LogP contribution in [0, 0.1) is 0 Å². The third-order valence-electron chi connectivity index (χ3n) is 3.83. The van der Waals surface area contributed by atoms with Crippen LogP contribution in [-0.2, 0) is 6.54 Å². The number of amides is 1. The molecule has 1 aromatic carbocycles. The molecule has 0 aliphatic rings. The Morgan fingerprint density at radius 1 is 1.20 bits per heavy atom. The van der Waals surface area contributed by atoms with Gasteiger partial charge in [-0.2, -0.15) is 0 Å². The fourth-order valence-corrected chi connectivity index (χ4v) is 2.66. The maximum Gasteiger partial charge on any atom is 0.265 e. The average molecular weight is 337 g/mol. The summed E-state index contributed by atoms with van der Waals surface area (Å²) in [5.74, 6) is 0.285. The molecule has 0 atom stereocenters. The van der Waals surface area contributed by atoms with Crippen molar-refractivity contribution < 1.29 is 9.53 Å². The number of aryl methyl sites for hydroxylation is 1. The lowest BCUT2D eigenvalue weighted by atomic mass is 10.2. The van der Waals surface area contributed by atoms with Gasteiger partial charge < -0.3 is 10.1 Å². The third kappa shape index (κ3) is 3.38. The van der Waals surface area contributed by atoms with Crippen molar-refractivity contribution in [2.24, 2.45) is 0 Å². The molecule has 2 aromatic heterocycles. The fraction of sp³-hybridized carbons (Fsp3) is 0.211. The highest BCUT2D eigenvalue weighted by Crippen LogP contribution is 2.17. The summed E-state index contributed by atoms with van der Waals surface area (Å²) in [6.07, 6.45) is 1.63. The van der Waals surface area contributed by atoms with Crippen molar-refractivity contribution in [2.45, 2.75) is 20.4 Å². The van der Waals surface area contributed by atoms with Crippen molar-refractivity contribution in [3.63, 3.8) is 0 Å². The van der Waals surface area contributed by atoms with Crippen LogP contribution in [0.3, 0.4) is 0 Å². The summed E-state index contributed by atoms with van der Waals surface area (Å²) in [5, 5.41) is 3.51. The van der Waals surface area contributed by atoms with Gasteiger partial charge in [-0.25, -0.2) is 4.98 Å². The van der Waals surface area contributed by atoms with Gasteiger partial charge in [-0.15, -0.1) is 0 Å². The minimum atomic E-state index is -0.442. The van der Waals surface area contributed by atoms with Crippen LogP contribution in [0.15, 0.2) is 53.5 Å². The number of nitrogens with one attached hydrogen (secondary N) is 1. The molecule has 0 aliphatic heterocycles. The van der Waals surface area contributed by atoms with Gasteiger partial charge in [-0.1, -0.05) is 0 Å². The number of pyridine rings is 2. The molecule has 128 valence electrons. The van der Waals surface area contributed by atoms with E-state index in [9.17, 15) is 9.59 Å². The number of anilines is 1. The summed E-state index contributed by atoms with van der Waals surface area (Å²) in [5.41, 5.74) is 0.920. The number of carbonyl (C=O) groups excluding carboxylic acids is 1. The van der Waals surface area contributed by atoms with Crippen LogP contribution in [0.4, 0.5) is 5.69 Å². The molecule has 3 aromatic rings. The normalized spacial score (nSPS) is 10.6. The number of aromatic nitrogens is 2. The van der Waals surface area contributed by atoms with Crippen molar-refractivity contribution in [1.82, 2.24) is 9.55 Å². The second-order valence-corrected chi connectivity index (χ2v) is 5.44. The first-order valence-electron chi connectivity index (χ1n) is 8.16. The molecule has 0 saturated carbocycles. The highest BCUT2D eigenvalue weighted by molar-refractivity contribution is 6.05. The van der Waals surface area contributed by atoms with Crippen molar-refractivity contribution in [3.8, 4) is 5.75 Å². The molecule has 6 nitrogen and oxygen atoms in total. The van der Waals surface area contributed by atoms with E-state index in [0.717, 1.165) is 11.1 Å². The molecule has 0 spiro atoms. The summed E-state index contributed by atoms with van der Waals surface area (Å²) < 4.78 is 6.88. The number of hydrogen-bond acceptors (Lipinski definition) is 4. The standard InChI is InChI=1S/C19H19N3O3/c1-3-22-17-13(6-5-11-20-17)12-16(19(22)24)18(23)21-14-7-9-15(10-8-14)25-4-2/h5-12H,3-4H2,1-2H3,(H,21,23). The molecule has 0 unspecified atom stereocenters. The Balaban J connectivity index is 1.94. The molecule has 0 fully saturated rings. The summed E-state index contributed by atoms with van der Waals surface area (Å²) in [7, 11) is 0. The number of hydrogen-bond donors (Lipinski definition) is 1. The molecule has 25 heavy (non-hydrogen) atoms. The first kappa shape index (κ1) is 16.7. The molecule has 2 heterocycles. The largest absolute Gasteiger partial charge is 0.494 e. The Morgan fingerprint density at radius 2 is 1.96 bits per heavy atom. The number of carbonyl (C=O) groups is 1. The Kier molecular flexibility index (Phi) is 4.79. The zero-order chi connectivity index (χ0) is 17.8. The van der Waals surface area contributed by atoms with E-state index in [2.05, 4.69) is 10.3 Å². The third-order valence-corrected chi connectivity index (χ3v) is 3.83. The minimum Gasteiger partial charge on any atom is -0.494 e. The van der Waals surface area contributed by atoms with Crippen LogP contribution in [0.25, 0.3) is 11.0 Å². The number of rotatable bonds is 5. The monoisotopic (exact) mass is 337 g/mol. The molecule has 1 amide bonds. The Labute approximate surface area is 145 Å². The summed E-state index contributed by atoms with van der Waals surface area (Å²) >= 11 is 0. The second kappa shape index (κ2) is 7.17. The zero-order valence-electron chi connectivity index (χ0n) is 14.2. The first-order valence-corrected chi connectivity index (χ1v) is 8.16. The van der Waals surface area contributed by atoms with Crippen molar-refractivity contribution in [1.29, 1.82) is 0 Å². The molecule has 0 radical (unpaired) electrons. The lowest BCUT2D eigenvalue weighted by molar-refractivity contribution is 0.102. The predicted octanol–water partition coefficient (Wildman–Crippen LogP) is 3.07. The predicted molar refractivity (Wildman–Crippen MR) is 97.2 cm³/mol. The Morgan fingerprint density at radius 3 is 2.64 bits per heavy atom. The van der Waals surface area contributed by atoms with Crippen LogP contribution in [0.1, 0.15) is 24.2 Å². The average Bonchev–Trinajstić information content (AvgIpc) is 2.63. The van der Waals surface area contributed by atoms with Crippen LogP contribution in [-0.4, -0.2) is 22.1 Å². The highest BCUT2D eigenvalue weighted by Gasteiger charge is 2.15. The Hall–Kier alpha value is -3.15. The van der Waals surface area contributed by atoms with Gasteiger partial charge in [0.1, 0.15) is 17.0 Å². The second-order valence-electron chi connectivity index (χ2n) is 5.44. The van der Waals surface area contributed by atoms with Gasteiger partial charge in [0.2, 0.25) is 0 Å². The van der Waals surface area contributed by atoms with E-state index >= 15 is 0 Å². The maximum atomic E-state index is 12.6. The van der Waals surface area contributed by atoms with E-state index in [1.807, 2.05) is 19.9 Å². The lowest BCUT2D eigenvalue weighted by Gasteiger charge is -2.11. The zero-order valence-corrected chi connectivity index (χ0v) is 14.2. The number of fused-ring (bicyclic) bond motifs is 1. The molecule has 3 rings (SSSR count). The van der Waals surface area contributed by atoms with E-state index in [0.29, 0.717) is 24.5 Å². The van der Waals surface area contributed by atoms with E-state index in [1.165, 1.54) is 4.57 Å². The van der Waals surface area contributed by atoms with Gasteiger partial charge in [0.25, 0.3) is 11.5 Å². The van der Waals surface area contributed by atoms with Gasteiger partial charge in [0, 0.05) is 23.8 Å². The van der Waals surface area contributed by atoms with Crippen LogP contribution < -0.4 is 15.6 Å². The van der Waals surface area contributed by atoms with Crippen LogP contribution in [0.5, 0.6) is 5.75 Å². The van der Waals surface area contributed by atoms with E-state index in [-0.39, 0.29) is 11.1 Å². The number of benzene rings is 1. The summed E-state index contributed by atoms with van der Waals surface area (Å²) in [6, 6.07) is 12.2. The van der Waals surface area contributed by atoms with E-state index < -0.39 is 5.91 Å². The van der Waals surface area contributed by atoms with E-state index in [4.69, 9.17) is 4.74 Å². The summed E-state index contributed by atoms with van der Waals surface area (Å²) in [4.78, 5) is 29.5. The van der Waals surface area contributed by atoms with Gasteiger partial charge in [0.15, 0.2) is 0 Å². The molecule has 0 aliphatic carbocycles. The molecule has 6 heteroatoms. The summed E-state index contributed by atoms with van der Waals surface area (Å²) in [6.45, 7) is 4.77. The topological polar surface area (TPSA) is 73.2 Å². The molecule has 0 saturated heterocycles. The first-order chi connectivity index (χ1) is 12.1. The smallest absolute Gasteiger partial charge is 0.265 e. The van der Waals surface area contributed by atoms with Gasteiger partial charge in [-0.3, -0.25) is 14.2 Å². The number of ether oxygens (including phenoxy) is 1. The van der Waals surface area contributed by atoms with Crippen molar-refractivity contribution in [2.75, 3.05) is 11.9 Å². The van der Waals surface area contributed by atoms with Gasteiger partial charge in [0.05, 0.1) is 6.61 Å². The van der Waals surface area contributed by atoms with Crippen molar-refractivity contribution in [3.05, 3.63) is 64.6 Å². The highest BCUT2D eigenvalue weighted by atomic mass is 16.5. The lowest BCUT2D eigenvalue weighted by Crippen LogP contribution is -2.29. The maximum absolute atomic E-state index is 12.6. The van der Waals surface area contributed by atoms with Gasteiger partial charge >= 0.3 is 0 Å². The minimum absolute atomic E-state index is 0.0937. The van der Waals surface area contributed by atoms with Crippen LogP contribution in [0.2, 0.25) is 0 Å². The quantitative estimate of drug-likeness (QED) is 0.776. The molecular formula is C19H19N3O3. The molecule has 1 N–H and O–H groups in total. The van der Waals surface area contributed by atoms with E-state index in [1.54, 1.807) is 42.6 Å². The van der Waals surface area contributed by atoms with Gasteiger partial charge in [-0.05, 0) is 56.3 Å². The fourth-order valence-electron chi connectivity index (χ4n) is 2.66. The number of nitrogens with zero attached hydrogens (tertiary/aromatic N) is 2. The molecular weight excluding hydrogens is 318 g/mol.